The number of nitrogens with one attached hydrogen (secondary N) is 1. The molecule has 1 heterocycles. The molecule has 18 heavy (non-hydrogen) atoms. The van der Waals surface area contributed by atoms with Crippen LogP contribution in [0.1, 0.15) is 11.1 Å². The van der Waals surface area contributed by atoms with Crippen LogP contribution < -0.4 is 5.32 Å². The molecule has 0 fully saturated rings. The lowest BCUT2D eigenvalue weighted by molar-refractivity contribution is 0.616. The normalized spacial score (nSPS) is 10.4. The third-order valence-corrected chi connectivity index (χ3v) is 3.00. The Bertz CT molecular complexity index is 573. The van der Waals surface area contributed by atoms with Crippen LogP contribution in [-0.4, -0.2) is 4.98 Å². The van der Waals surface area contributed by atoms with E-state index in [1.807, 2.05) is 6.07 Å². The van der Waals surface area contributed by atoms with Gasteiger partial charge in [0.1, 0.15) is 11.6 Å². The number of pyridine rings is 1. The summed E-state index contributed by atoms with van der Waals surface area (Å²) in [5, 5.41) is 3.95. The minimum atomic E-state index is -0.218. The van der Waals surface area contributed by atoms with Crippen LogP contribution in [0.4, 0.5) is 10.2 Å². The van der Waals surface area contributed by atoms with Gasteiger partial charge in [0.2, 0.25) is 0 Å². The van der Waals surface area contributed by atoms with E-state index < -0.39 is 0 Å². The number of aryl methyl sites for hydroxylation is 1. The van der Waals surface area contributed by atoms with Gasteiger partial charge in [-0.2, -0.15) is 0 Å². The highest BCUT2D eigenvalue weighted by molar-refractivity contribution is 6.35. The second-order valence-corrected chi connectivity index (χ2v) is 4.76. The van der Waals surface area contributed by atoms with E-state index in [9.17, 15) is 4.39 Å². The van der Waals surface area contributed by atoms with Crippen molar-refractivity contribution in [3.8, 4) is 0 Å². The molecule has 0 atom stereocenters. The molecule has 0 saturated heterocycles. The zero-order valence-corrected chi connectivity index (χ0v) is 11.2. The minimum Gasteiger partial charge on any atom is -0.365 e. The van der Waals surface area contributed by atoms with Gasteiger partial charge in [0, 0.05) is 12.7 Å². The molecule has 2 aromatic rings. The Kier molecular flexibility index (Phi) is 4.04. The van der Waals surface area contributed by atoms with Gasteiger partial charge in [-0.25, -0.2) is 9.37 Å². The van der Waals surface area contributed by atoms with Gasteiger partial charge in [0.05, 0.1) is 10.0 Å². The third kappa shape index (κ3) is 3.12. The van der Waals surface area contributed by atoms with Crippen molar-refractivity contribution in [3.05, 3.63) is 57.5 Å². The fraction of sp³-hybridized carbons (Fsp3) is 0.154. The third-order valence-electron chi connectivity index (χ3n) is 2.50. The topological polar surface area (TPSA) is 24.9 Å². The van der Waals surface area contributed by atoms with Crippen LogP contribution in [0.2, 0.25) is 10.0 Å². The summed E-state index contributed by atoms with van der Waals surface area (Å²) in [6.45, 7) is 2.18. The predicted octanol–water partition coefficient (Wildman–Crippen LogP) is 4.45. The lowest BCUT2D eigenvalue weighted by Gasteiger charge is -2.08. The summed E-state index contributed by atoms with van der Waals surface area (Å²) in [6.07, 6.45) is 1.51. The quantitative estimate of drug-likeness (QED) is 0.901. The number of halogens is 3. The van der Waals surface area contributed by atoms with Crippen LogP contribution in [-0.2, 0) is 6.54 Å². The Labute approximate surface area is 115 Å². The van der Waals surface area contributed by atoms with Gasteiger partial charge in [-0.1, -0.05) is 35.3 Å². The number of nitrogens with zero attached hydrogens (tertiary/aromatic N) is 1. The monoisotopic (exact) mass is 284 g/mol. The second-order valence-electron chi connectivity index (χ2n) is 3.92. The molecule has 0 unspecified atom stereocenters. The molecule has 1 aromatic carbocycles. The van der Waals surface area contributed by atoms with Gasteiger partial charge in [-0.3, -0.25) is 0 Å². The summed E-state index contributed by atoms with van der Waals surface area (Å²) in [6, 6.07) is 6.69. The molecule has 2 rings (SSSR count). The Hall–Kier alpha value is -1.32. The highest BCUT2D eigenvalue weighted by Gasteiger charge is 2.04. The van der Waals surface area contributed by atoms with Crippen molar-refractivity contribution >= 4 is 29.0 Å². The van der Waals surface area contributed by atoms with Crippen molar-refractivity contribution < 1.29 is 4.39 Å². The fourth-order valence-corrected chi connectivity index (χ4v) is 1.92. The molecule has 1 N–H and O–H groups in total. The Balaban J connectivity index is 2.09. The van der Waals surface area contributed by atoms with Gasteiger partial charge >= 0.3 is 0 Å². The molecule has 2 nitrogen and oxygen atoms in total. The predicted molar refractivity (Wildman–Crippen MR) is 72.7 cm³/mol. The first kappa shape index (κ1) is 13.1. The van der Waals surface area contributed by atoms with Gasteiger partial charge in [0.15, 0.2) is 0 Å². The summed E-state index contributed by atoms with van der Waals surface area (Å²) in [5.41, 5.74) is 1.45. The molecule has 0 amide bonds. The maximum atomic E-state index is 13.4. The van der Waals surface area contributed by atoms with E-state index in [2.05, 4.69) is 10.3 Å². The molecule has 94 valence electrons. The molecule has 0 spiro atoms. The second kappa shape index (κ2) is 5.55. The maximum absolute atomic E-state index is 13.4. The first-order chi connectivity index (χ1) is 8.56. The van der Waals surface area contributed by atoms with Crippen LogP contribution in [0.15, 0.2) is 30.5 Å². The lowest BCUT2D eigenvalue weighted by Crippen LogP contribution is -2.02. The summed E-state index contributed by atoms with van der Waals surface area (Å²) < 4.78 is 13.4. The summed E-state index contributed by atoms with van der Waals surface area (Å²) in [5.74, 6) is 0.312. The molecule has 0 aliphatic carbocycles. The Morgan fingerprint density at radius 3 is 2.72 bits per heavy atom. The number of aromatic nitrogens is 1. The SMILES string of the molecule is Cc1ccc(CNc2ncc(Cl)cc2Cl)cc1F. The van der Waals surface area contributed by atoms with Gasteiger partial charge in [0.25, 0.3) is 0 Å². The Morgan fingerprint density at radius 2 is 2.06 bits per heavy atom. The number of hydrogen-bond acceptors (Lipinski definition) is 2. The number of anilines is 1. The number of hydrogen-bond donors (Lipinski definition) is 1. The van der Waals surface area contributed by atoms with E-state index in [0.29, 0.717) is 28.0 Å². The van der Waals surface area contributed by atoms with Crippen molar-refractivity contribution in [2.24, 2.45) is 0 Å². The highest BCUT2D eigenvalue weighted by Crippen LogP contribution is 2.23. The molecule has 0 bridgehead atoms. The molecular weight excluding hydrogens is 274 g/mol. The summed E-state index contributed by atoms with van der Waals surface area (Å²) in [7, 11) is 0. The van der Waals surface area contributed by atoms with Crippen molar-refractivity contribution in [2.45, 2.75) is 13.5 Å². The zero-order chi connectivity index (χ0) is 13.1. The minimum absolute atomic E-state index is 0.218. The van der Waals surface area contributed by atoms with Crippen LogP contribution in [0, 0.1) is 12.7 Å². The molecule has 1 aromatic heterocycles. The van der Waals surface area contributed by atoms with E-state index in [4.69, 9.17) is 23.2 Å². The van der Waals surface area contributed by atoms with Gasteiger partial charge in [-0.15, -0.1) is 0 Å². The van der Waals surface area contributed by atoms with Crippen molar-refractivity contribution in [1.82, 2.24) is 4.98 Å². The standard InChI is InChI=1S/C13H11Cl2FN2/c1-8-2-3-9(4-12(8)16)6-17-13-11(15)5-10(14)7-18-13/h2-5,7H,6H2,1H3,(H,17,18). The van der Waals surface area contributed by atoms with E-state index >= 15 is 0 Å². The van der Waals surface area contributed by atoms with Crippen molar-refractivity contribution in [3.63, 3.8) is 0 Å². The smallest absolute Gasteiger partial charge is 0.145 e. The molecular formula is C13H11Cl2FN2. The highest BCUT2D eigenvalue weighted by atomic mass is 35.5. The maximum Gasteiger partial charge on any atom is 0.145 e. The van der Waals surface area contributed by atoms with Crippen LogP contribution in [0.3, 0.4) is 0 Å². The van der Waals surface area contributed by atoms with Crippen LogP contribution in [0.25, 0.3) is 0 Å². The average molecular weight is 285 g/mol. The molecule has 0 radical (unpaired) electrons. The average Bonchev–Trinajstić information content (AvgIpc) is 2.32. The zero-order valence-electron chi connectivity index (χ0n) is 9.67. The number of benzene rings is 1. The summed E-state index contributed by atoms with van der Waals surface area (Å²) >= 11 is 11.7. The van der Waals surface area contributed by atoms with Crippen LogP contribution >= 0.6 is 23.2 Å². The largest absolute Gasteiger partial charge is 0.365 e. The van der Waals surface area contributed by atoms with Gasteiger partial charge < -0.3 is 5.32 Å². The van der Waals surface area contributed by atoms with Crippen LogP contribution in [0.5, 0.6) is 0 Å². The summed E-state index contributed by atoms with van der Waals surface area (Å²) in [4.78, 5) is 4.06. The van der Waals surface area contributed by atoms with E-state index in [-0.39, 0.29) is 5.82 Å². The Morgan fingerprint density at radius 1 is 1.28 bits per heavy atom. The van der Waals surface area contributed by atoms with E-state index in [0.717, 1.165) is 5.56 Å². The molecule has 0 aliphatic rings. The van der Waals surface area contributed by atoms with Gasteiger partial charge in [-0.05, 0) is 30.2 Å². The molecule has 5 heteroatoms. The molecule has 0 aliphatic heterocycles. The van der Waals surface area contributed by atoms with E-state index in [1.54, 1.807) is 19.1 Å². The van der Waals surface area contributed by atoms with E-state index in [1.165, 1.54) is 12.3 Å². The number of rotatable bonds is 3. The lowest BCUT2D eigenvalue weighted by atomic mass is 10.1. The van der Waals surface area contributed by atoms with Crippen molar-refractivity contribution in [1.29, 1.82) is 0 Å². The fourth-order valence-electron chi connectivity index (χ4n) is 1.48. The first-order valence-corrected chi connectivity index (χ1v) is 6.12. The van der Waals surface area contributed by atoms with Crippen molar-refractivity contribution in [2.75, 3.05) is 5.32 Å². The first-order valence-electron chi connectivity index (χ1n) is 5.36. The molecule has 0 saturated carbocycles.